The predicted octanol–water partition coefficient (Wildman–Crippen LogP) is 4.52. The maximum absolute atomic E-state index is 12.5. The second-order valence-corrected chi connectivity index (χ2v) is 7.98. The molecular weight excluding hydrogens is 270 g/mol. The second-order valence-electron chi connectivity index (χ2n) is 7.98. The Bertz CT molecular complexity index is 676. The molecule has 0 saturated heterocycles. The summed E-state index contributed by atoms with van der Waals surface area (Å²) in [6.07, 6.45) is 7.32. The highest BCUT2D eigenvalue weighted by Crippen LogP contribution is 2.67. The van der Waals surface area contributed by atoms with E-state index in [1.54, 1.807) is 6.92 Å². The first-order valence-electron chi connectivity index (χ1n) is 8.50. The molecule has 0 spiro atoms. The fraction of sp³-hybridized carbons (Fsp3) is 0.550. The minimum absolute atomic E-state index is 0.118. The molecule has 22 heavy (non-hydrogen) atoms. The molecule has 1 heterocycles. The highest BCUT2D eigenvalue weighted by molar-refractivity contribution is 5.95. The number of hydrogen-bond acceptors (Lipinski definition) is 1. The Morgan fingerprint density at radius 2 is 1.95 bits per heavy atom. The molecule has 5 rings (SSSR count). The first-order valence-corrected chi connectivity index (χ1v) is 8.50. The van der Waals surface area contributed by atoms with Crippen LogP contribution in [0.4, 0.5) is 5.69 Å². The van der Waals surface area contributed by atoms with Crippen LogP contribution in [0.5, 0.6) is 0 Å². The predicted molar refractivity (Wildman–Crippen MR) is 89.9 cm³/mol. The molecular formula is C20H25NO. The van der Waals surface area contributed by atoms with Crippen LogP contribution >= 0.6 is 0 Å². The van der Waals surface area contributed by atoms with Crippen LogP contribution in [0.1, 0.15) is 52.0 Å². The van der Waals surface area contributed by atoms with Gasteiger partial charge in [0.1, 0.15) is 0 Å². The summed E-state index contributed by atoms with van der Waals surface area (Å²) in [7, 11) is 0. The lowest BCUT2D eigenvalue weighted by molar-refractivity contribution is -0.118. The number of hydrogen-bond donors (Lipinski definition) is 0. The van der Waals surface area contributed by atoms with Gasteiger partial charge in [0.2, 0.25) is 5.91 Å². The molecule has 1 fully saturated rings. The molecule has 2 nitrogen and oxygen atoms in total. The van der Waals surface area contributed by atoms with E-state index in [1.165, 1.54) is 18.4 Å². The smallest absolute Gasteiger partial charge is 0.224 e. The Hall–Kier alpha value is -1.57. The molecule has 4 atom stereocenters. The number of para-hydroxylation sites is 1. The van der Waals surface area contributed by atoms with E-state index in [9.17, 15) is 4.79 Å². The quantitative estimate of drug-likeness (QED) is 0.698. The van der Waals surface area contributed by atoms with Gasteiger partial charge in [0.15, 0.2) is 0 Å². The van der Waals surface area contributed by atoms with Gasteiger partial charge in [-0.05, 0) is 35.8 Å². The lowest BCUT2D eigenvalue weighted by atomic mass is 9.48. The third-order valence-corrected chi connectivity index (χ3v) is 6.67. The van der Waals surface area contributed by atoms with Gasteiger partial charge in [0.05, 0.1) is 6.04 Å². The lowest BCUT2D eigenvalue weighted by Gasteiger charge is -2.59. The van der Waals surface area contributed by atoms with E-state index in [-0.39, 0.29) is 22.8 Å². The van der Waals surface area contributed by atoms with E-state index in [1.807, 2.05) is 0 Å². The van der Waals surface area contributed by atoms with E-state index in [4.69, 9.17) is 0 Å². The summed E-state index contributed by atoms with van der Waals surface area (Å²) in [5.74, 6) is 1.16. The Balaban J connectivity index is 1.99. The van der Waals surface area contributed by atoms with Crippen molar-refractivity contribution in [2.24, 2.45) is 16.7 Å². The Labute approximate surface area is 133 Å². The highest BCUT2D eigenvalue weighted by Gasteiger charge is 2.62. The number of benzene rings is 1. The van der Waals surface area contributed by atoms with Gasteiger partial charge in [-0.15, -0.1) is 0 Å². The van der Waals surface area contributed by atoms with E-state index >= 15 is 0 Å². The van der Waals surface area contributed by atoms with Crippen LogP contribution in [-0.2, 0) is 4.79 Å². The third-order valence-electron chi connectivity index (χ3n) is 6.67. The fourth-order valence-electron chi connectivity index (χ4n) is 5.40. The van der Waals surface area contributed by atoms with Gasteiger partial charge in [0, 0.05) is 23.9 Å². The molecule has 2 unspecified atom stereocenters. The Morgan fingerprint density at radius 3 is 2.55 bits per heavy atom. The van der Waals surface area contributed by atoms with Crippen molar-refractivity contribution in [3.8, 4) is 0 Å². The van der Waals surface area contributed by atoms with Crippen molar-refractivity contribution < 1.29 is 4.79 Å². The van der Waals surface area contributed by atoms with Crippen molar-refractivity contribution in [3.05, 3.63) is 42.0 Å². The number of carbonyl (C=O) groups excluding carboxylic acids is 1. The number of carbonyl (C=O) groups is 1. The fourth-order valence-corrected chi connectivity index (χ4v) is 5.40. The van der Waals surface area contributed by atoms with Crippen molar-refractivity contribution in [2.45, 2.75) is 52.5 Å². The summed E-state index contributed by atoms with van der Waals surface area (Å²) in [4.78, 5) is 14.6. The summed E-state index contributed by atoms with van der Waals surface area (Å²) in [6, 6.07) is 8.84. The summed E-state index contributed by atoms with van der Waals surface area (Å²) in [6.45, 7) is 8.74. The van der Waals surface area contributed by atoms with E-state index < -0.39 is 0 Å². The average Bonchev–Trinajstić information content (AvgIpc) is 2.85. The topological polar surface area (TPSA) is 20.3 Å². The van der Waals surface area contributed by atoms with Crippen LogP contribution in [0.15, 0.2) is 36.4 Å². The van der Waals surface area contributed by atoms with Crippen molar-refractivity contribution in [2.75, 3.05) is 4.90 Å². The van der Waals surface area contributed by atoms with Crippen LogP contribution in [0.25, 0.3) is 0 Å². The average molecular weight is 295 g/mol. The zero-order chi connectivity index (χ0) is 15.7. The van der Waals surface area contributed by atoms with Gasteiger partial charge in [-0.2, -0.15) is 0 Å². The van der Waals surface area contributed by atoms with Gasteiger partial charge in [-0.3, -0.25) is 4.79 Å². The molecule has 1 aliphatic heterocycles. The number of anilines is 1. The normalized spacial score (nSPS) is 38.3. The van der Waals surface area contributed by atoms with E-state index in [0.717, 1.165) is 5.69 Å². The van der Waals surface area contributed by atoms with Crippen LogP contribution in [-0.4, -0.2) is 11.9 Å². The van der Waals surface area contributed by atoms with Crippen molar-refractivity contribution in [1.29, 1.82) is 0 Å². The van der Waals surface area contributed by atoms with Crippen molar-refractivity contribution in [1.82, 2.24) is 0 Å². The van der Waals surface area contributed by atoms with Gasteiger partial charge in [-0.1, -0.05) is 51.1 Å². The monoisotopic (exact) mass is 295 g/mol. The second kappa shape index (κ2) is 4.24. The van der Waals surface area contributed by atoms with Crippen LogP contribution < -0.4 is 4.90 Å². The SMILES string of the molecule is CC(=O)N1c2ccccc2C2C1[C@]1(C(C)C)C=C[C@@]2(C)CC1. The number of nitrogens with zero attached hydrogens (tertiary/aromatic N) is 1. The molecule has 0 aromatic heterocycles. The standard InChI is InChI=1S/C20H25NO/c1-13(2)20-11-9-19(4,10-12-20)17-15-7-5-6-8-16(15)21(14(3)22)18(17)20/h5-9,11,13,17-18H,10,12H2,1-4H3/t17?,18?,19-,20+/m0/s1. The molecule has 2 bridgehead atoms. The number of fused-ring (bicyclic) bond motifs is 2. The molecule has 1 saturated carbocycles. The highest BCUT2D eigenvalue weighted by atomic mass is 16.2. The van der Waals surface area contributed by atoms with Crippen molar-refractivity contribution in [3.63, 3.8) is 0 Å². The largest absolute Gasteiger partial charge is 0.308 e. The zero-order valence-corrected chi connectivity index (χ0v) is 14.0. The summed E-state index contributed by atoms with van der Waals surface area (Å²) in [5.41, 5.74) is 2.82. The maximum Gasteiger partial charge on any atom is 0.224 e. The molecule has 0 radical (unpaired) electrons. The lowest BCUT2D eigenvalue weighted by Crippen LogP contribution is -2.59. The molecule has 4 aliphatic rings. The number of amides is 1. The summed E-state index contributed by atoms with van der Waals surface area (Å²) >= 11 is 0. The zero-order valence-electron chi connectivity index (χ0n) is 14.0. The van der Waals surface area contributed by atoms with Crippen molar-refractivity contribution >= 4 is 11.6 Å². The van der Waals surface area contributed by atoms with E-state index in [0.29, 0.717) is 11.8 Å². The first kappa shape index (κ1) is 14.0. The molecule has 1 amide bonds. The third kappa shape index (κ3) is 1.48. The van der Waals surface area contributed by atoms with E-state index in [2.05, 4.69) is 62.1 Å². The molecule has 3 aliphatic carbocycles. The number of rotatable bonds is 1. The Kier molecular flexibility index (Phi) is 2.71. The molecule has 0 N–H and O–H groups in total. The van der Waals surface area contributed by atoms with Gasteiger partial charge in [0.25, 0.3) is 0 Å². The Morgan fingerprint density at radius 1 is 1.23 bits per heavy atom. The maximum atomic E-state index is 12.5. The van der Waals surface area contributed by atoms with Crippen LogP contribution in [0.3, 0.4) is 0 Å². The molecule has 116 valence electrons. The summed E-state index contributed by atoms with van der Waals surface area (Å²) in [5, 5.41) is 0. The van der Waals surface area contributed by atoms with Gasteiger partial charge >= 0.3 is 0 Å². The molecule has 2 heteroatoms. The first-order chi connectivity index (χ1) is 10.4. The van der Waals surface area contributed by atoms with Crippen LogP contribution in [0, 0.1) is 16.7 Å². The minimum atomic E-state index is 0.118. The molecule has 1 aromatic rings. The van der Waals surface area contributed by atoms with Gasteiger partial charge in [-0.25, -0.2) is 0 Å². The van der Waals surface area contributed by atoms with Crippen LogP contribution in [0.2, 0.25) is 0 Å². The molecule has 1 aromatic carbocycles. The van der Waals surface area contributed by atoms with Gasteiger partial charge < -0.3 is 4.90 Å². The minimum Gasteiger partial charge on any atom is -0.308 e. The number of allylic oxidation sites excluding steroid dienone is 1. The summed E-state index contributed by atoms with van der Waals surface area (Å²) < 4.78 is 0.